The van der Waals surface area contributed by atoms with Crippen LogP contribution in [0.3, 0.4) is 0 Å². The highest BCUT2D eigenvalue weighted by molar-refractivity contribution is 5.92. The van der Waals surface area contributed by atoms with E-state index >= 15 is 0 Å². The third-order valence-electron chi connectivity index (χ3n) is 2.00. The number of rotatable bonds is 3. The van der Waals surface area contributed by atoms with Gasteiger partial charge in [-0.1, -0.05) is 6.07 Å². The molecule has 15 heavy (non-hydrogen) atoms. The van der Waals surface area contributed by atoms with Gasteiger partial charge in [0.2, 0.25) is 0 Å². The first-order valence-electron chi connectivity index (χ1n) is 4.47. The molecule has 2 N–H and O–H groups in total. The summed E-state index contributed by atoms with van der Waals surface area (Å²) in [7, 11) is 0. The van der Waals surface area contributed by atoms with Gasteiger partial charge in [0.1, 0.15) is 17.1 Å². The van der Waals surface area contributed by atoms with E-state index in [0.717, 1.165) is 0 Å². The molecule has 4 heteroatoms. The van der Waals surface area contributed by atoms with E-state index in [1.54, 1.807) is 13.0 Å². The van der Waals surface area contributed by atoms with Crippen molar-refractivity contribution in [2.24, 2.45) is 0 Å². The maximum atomic E-state index is 10.9. The minimum atomic E-state index is -1.19. The van der Waals surface area contributed by atoms with E-state index in [1.165, 1.54) is 13.0 Å². The molecule has 0 radical (unpaired) electrons. The molecule has 0 atom stereocenters. The van der Waals surface area contributed by atoms with Gasteiger partial charge in [-0.25, -0.2) is 4.79 Å². The maximum absolute atomic E-state index is 10.9. The van der Waals surface area contributed by atoms with Gasteiger partial charge < -0.3 is 10.2 Å². The van der Waals surface area contributed by atoms with Crippen molar-refractivity contribution >= 4 is 11.8 Å². The van der Waals surface area contributed by atoms with Gasteiger partial charge >= 0.3 is 5.97 Å². The van der Waals surface area contributed by atoms with Crippen LogP contribution in [0.1, 0.15) is 28.4 Å². The molecular formula is C11H12O4. The third kappa shape index (κ3) is 2.56. The van der Waals surface area contributed by atoms with Crippen LogP contribution in [-0.2, 0) is 11.2 Å². The van der Waals surface area contributed by atoms with E-state index < -0.39 is 5.97 Å². The Kier molecular flexibility index (Phi) is 3.09. The van der Waals surface area contributed by atoms with Crippen LogP contribution in [0.5, 0.6) is 5.75 Å². The van der Waals surface area contributed by atoms with Crippen LogP contribution in [0.25, 0.3) is 0 Å². The molecule has 80 valence electrons. The number of Topliss-reactive ketones (excluding diaryl/α,β-unsaturated/α-hetero) is 1. The number of benzene rings is 1. The first-order valence-corrected chi connectivity index (χ1v) is 4.47. The van der Waals surface area contributed by atoms with E-state index in [2.05, 4.69) is 0 Å². The summed E-state index contributed by atoms with van der Waals surface area (Å²) in [6.45, 7) is 3.11. The Hall–Kier alpha value is -1.84. The molecule has 0 aliphatic rings. The number of hydrogen-bond donors (Lipinski definition) is 2. The first-order chi connectivity index (χ1) is 6.91. The van der Waals surface area contributed by atoms with Crippen LogP contribution >= 0.6 is 0 Å². The van der Waals surface area contributed by atoms with E-state index in [4.69, 9.17) is 5.11 Å². The molecular weight excluding hydrogens is 196 g/mol. The minimum absolute atomic E-state index is 0.0494. The van der Waals surface area contributed by atoms with Crippen molar-refractivity contribution in [3.8, 4) is 5.75 Å². The van der Waals surface area contributed by atoms with Crippen LogP contribution < -0.4 is 0 Å². The molecule has 0 saturated heterocycles. The highest BCUT2D eigenvalue weighted by atomic mass is 16.4. The number of ketones is 1. The number of aromatic carboxylic acids is 1. The van der Waals surface area contributed by atoms with E-state index in [-0.39, 0.29) is 23.5 Å². The van der Waals surface area contributed by atoms with Gasteiger partial charge in [-0.15, -0.1) is 0 Å². The second kappa shape index (κ2) is 4.13. The predicted octanol–water partition coefficient (Wildman–Crippen LogP) is 1.53. The van der Waals surface area contributed by atoms with E-state index in [0.29, 0.717) is 11.1 Å². The summed E-state index contributed by atoms with van der Waals surface area (Å²) in [5.74, 6) is -1.63. The zero-order valence-corrected chi connectivity index (χ0v) is 8.57. The lowest BCUT2D eigenvalue weighted by atomic mass is 10.0. The number of carboxylic acids is 1. The molecule has 0 aliphatic heterocycles. The normalized spacial score (nSPS) is 10.0. The summed E-state index contributed by atoms with van der Waals surface area (Å²) in [6.07, 6.45) is 0.0494. The van der Waals surface area contributed by atoms with E-state index in [9.17, 15) is 14.7 Å². The van der Waals surface area contributed by atoms with Gasteiger partial charge in [-0.05, 0) is 25.5 Å². The van der Waals surface area contributed by atoms with Gasteiger partial charge in [-0.2, -0.15) is 0 Å². The fourth-order valence-corrected chi connectivity index (χ4v) is 1.42. The Morgan fingerprint density at radius 2 is 1.93 bits per heavy atom. The second-order valence-corrected chi connectivity index (χ2v) is 3.50. The van der Waals surface area contributed by atoms with E-state index in [1.807, 2.05) is 0 Å². The summed E-state index contributed by atoms with van der Waals surface area (Å²) in [4.78, 5) is 21.7. The van der Waals surface area contributed by atoms with Crippen molar-refractivity contribution in [2.75, 3.05) is 0 Å². The summed E-state index contributed by atoms with van der Waals surface area (Å²) in [5, 5.41) is 18.4. The van der Waals surface area contributed by atoms with Crippen LogP contribution in [0.2, 0.25) is 0 Å². The Morgan fingerprint density at radius 1 is 1.33 bits per heavy atom. The molecule has 0 aliphatic carbocycles. The summed E-state index contributed by atoms with van der Waals surface area (Å²) < 4.78 is 0. The van der Waals surface area contributed by atoms with Crippen molar-refractivity contribution in [1.29, 1.82) is 0 Å². The zero-order valence-electron chi connectivity index (χ0n) is 8.57. The van der Waals surface area contributed by atoms with Crippen molar-refractivity contribution in [1.82, 2.24) is 0 Å². The number of aromatic hydroxyl groups is 1. The number of hydrogen-bond acceptors (Lipinski definition) is 3. The molecule has 0 unspecified atom stereocenters. The van der Waals surface area contributed by atoms with Crippen molar-refractivity contribution in [3.05, 3.63) is 28.8 Å². The molecule has 0 saturated carbocycles. The number of phenols is 1. The Morgan fingerprint density at radius 3 is 2.40 bits per heavy atom. The van der Waals surface area contributed by atoms with Crippen LogP contribution in [0, 0.1) is 6.92 Å². The molecule has 4 nitrogen and oxygen atoms in total. The fraction of sp³-hybridized carbons (Fsp3) is 0.273. The lowest BCUT2D eigenvalue weighted by Crippen LogP contribution is -2.03. The molecule has 0 bridgehead atoms. The number of carbonyl (C=O) groups excluding carboxylic acids is 1. The highest BCUT2D eigenvalue weighted by Gasteiger charge is 2.15. The number of carbonyl (C=O) groups is 2. The van der Waals surface area contributed by atoms with Crippen LogP contribution in [-0.4, -0.2) is 22.0 Å². The Labute approximate surface area is 87.2 Å². The second-order valence-electron chi connectivity index (χ2n) is 3.50. The third-order valence-corrected chi connectivity index (χ3v) is 2.00. The van der Waals surface area contributed by atoms with Crippen molar-refractivity contribution in [2.45, 2.75) is 20.3 Å². The quantitative estimate of drug-likeness (QED) is 0.789. The Balaban J connectivity index is 3.28. The molecule has 1 rings (SSSR count). The van der Waals surface area contributed by atoms with Gasteiger partial charge in [-0.3, -0.25) is 4.79 Å². The fourth-order valence-electron chi connectivity index (χ4n) is 1.42. The van der Waals surface area contributed by atoms with Crippen molar-refractivity contribution in [3.63, 3.8) is 0 Å². The van der Waals surface area contributed by atoms with Gasteiger partial charge in [0.15, 0.2) is 0 Å². The first kappa shape index (κ1) is 11.2. The minimum Gasteiger partial charge on any atom is -0.507 e. The van der Waals surface area contributed by atoms with Gasteiger partial charge in [0.05, 0.1) is 0 Å². The highest BCUT2D eigenvalue weighted by Crippen LogP contribution is 2.25. The molecule has 0 aromatic heterocycles. The molecule has 0 amide bonds. The summed E-state index contributed by atoms with van der Waals surface area (Å²) >= 11 is 0. The average molecular weight is 208 g/mol. The van der Waals surface area contributed by atoms with Crippen LogP contribution in [0.15, 0.2) is 12.1 Å². The molecule has 1 aromatic carbocycles. The average Bonchev–Trinajstić information content (AvgIpc) is 2.09. The lowest BCUT2D eigenvalue weighted by molar-refractivity contribution is -0.116. The van der Waals surface area contributed by atoms with Gasteiger partial charge in [0.25, 0.3) is 0 Å². The zero-order chi connectivity index (χ0) is 11.6. The van der Waals surface area contributed by atoms with Gasteiger partial charge in [0, 0.05) is 12.0 Å². The number of carboxylic acid groups (broad SMARTS) is 1. The SMILES string of the molecule is CC(=O)Cc1cc(C)cc(C(=O)O)c1O. The summed E-state index contributed by atoms with van der Waals surface area (Å²) in [5.41, 5.74) is 0.910. The molecule has 0 spiro atoms. The standard InChI is InChI=1S/C11H12O4/c1-6-3-8(5-7(2)12)10(13)9(4-6)11(14)15/h3-4,13H,5H2,1-2H3,(H,14,15). The lowest BCUT2D eigenvalue weighted by Gasteiger charge is -2.07. The maximum Gasteiger partial charge on any atom is 0.339 e. The van der Waals surface area contributed by atoms with Crippen LogP contribution in [0.4, 0.5) is 0 Å². The molecule has 1 aromatic rings. The predicted molar refractivity (Wildman–Crippen MR) is 54.2 cm³/mol. The number of aryl methyl sites for hydroxylation is 1. The summed E-state index contributed by atoms with van der Waals surface area (Å²) in [6, 6.07) is 2.99. The Bertz CT molecular complexity index is 421. The largest absolute Gasteiger partial charge is 0.507 e. The monoisotopic (exact) mass is 208 g/mol. The topological polar surface area (TPSA) is 74.6 Å². The smallest absolute Gasteiger partial charge is 0.339 e. The molecule has 0 heterocycles. The molecule has 0 fully saturated rings. The van der Waals surface area contributed by atoms with Crippen molar-refractivity contribution < 1.29 is 19.8 Å².